The fourth-order valence-corrected chi connectivity index (χ4v) is 2.31. The van der Waals surface area contributed by atoms with Gasteiger partial charge in [-0.15, -0.1) is 0 Å². The van der Waals surface area contributed by atoms with Crippen molar-refractivity contribution < 1.29 is 19.5 Å². The number of nitrogens with one attached hydrogen (secondary N) is 2. The fraction of sp³-hybridized carbons (Fsp3) is 0.105. The Morgan fingerprint density at radius 2 is 1.65 bits per heavy atom. The highest BCUT2D eigenvalue weighted by atomic mass is 79.9. The van der Waals surface area contributed by atoms with Crippen LogP contribution < -0.4 is 10.6 Å². The lowest BCUT2D eigenvalue weighted by Crippen LogP contribution is -2.35. The van der Waals surface area contributed by atoms with E-state index in [-0.39, 0.29) is 18.7 Å². The Bertz CT molecular complexity index is 817. The second-order valence-electron chi connectivity index (χ2n) is 5.33. The van der Waals surface area contributed by atoms with Crippen LogP contribution in [0.15, 0.2) is 64.8 Å². The molecule has 2 amide bonds. The van der Waals surface area contributed by atoms with E-state index in [2.05, 4.69) is 26.6 Å². The van der Waals surface area contributed by atoms with Gasteiger partial charge in [-0.1, -0.05) is 46.3 Å². The van der Waals surface area contributed by atoms with Crippen molar-refractivity contribution in [3.05, 3.63) is 75.9 Å². The first-order valence-electron chi connectivity index (χ1n) is 7.79. The Morgan fingerprint density at radius 1 is 1.00 bits per heavy atom. The van der Waals surface area contributed by atoms with Gasteiger partial charge in [0.2, 0.25) is 0 Å². The van der Waals surface area contributed by atoms with Gasteiger partial charge in [-0.2, -0.15) is 0 Å². The molecule has 0 unspecified atom stereocenters. The summed E-state index contributed by atoms with van der Waals surface area (Å²) in [4.78, 5) is 35.3. The van der Waals surface area contributed by atoms with Crippen LogP contribution in [0.5, 0.6) is 0 Å². The molecule has 0 aliphatic rings. The third-order valence-corrected chi connectivity index (χ3v) is 3.86. The van der Waals surface area contributed by atoms with E-state index >= 15 is 0 Å². The summed E-state index contributed by atoms with van der Waals surface area (Å²) in [6.07, 6.45) is 1.33. The molecular formula is C19H17BrN2O4. The van der Waals surface area contributed by atoms with Crippen LogP contribution in [0.1, 0.15) is 22.3 Å². The summed E-state index contributed by atoms with van der Waals surface area (Å²) in [5, 5.41) is 13.8. The van der Waals surface area contributed by atoms with Crippen LogP contribution in [-0.4, -0.2) is 29.4 Å². The first-order valence-corrected chi connectivity index (χ1v) is 8.58. The maximum Gasteiger partial charge on any atom is 0.305 e. The molecule has 0 fully saturated rings. The lowest BCUT2D eigenvalue weighted by molar-refractivity contribution is -0.136. The highest BCUT2D eigenvalue weighted by Crippen LogP contribution is 2.13. The van der Waals surface area contributed by atoms with Crippen LogP contribution in [0.2, 0.25) is 0 Å². The Hall–Kier alpha value is -2.93. The normalized spacial score (nSPS) is 10.9. The minimum atomic E-state index is -1.02. The van der Waals surface area contributed by atoms with Crippen LogP contribution in [0.3, 0.4) is 0 Å². The lowest BCUT2D eigenvalue weighted by Gasteiger charge is -2.11. The molecule has 0 radical (unpaired) electrons. The van der Waals surface area contributed by atoms with Crippen LogP contribution in [0, 0.1) is 0 Å². The number of carbonyl (C=O) groups is 3. The van der Waals surface area contributed by atoms with Gasteiger partial charge in [-0.25, -0.2) is 0 Å². The van der Waals surface area contributed by atoms with E-state index < -0.39 is 17.8 Å². The van der Waals surface area contributed by atoms with Crippen molar-refractivity contribution in [3.8, 4) is 0 Å². The van der Waals surface area contributed by atoms with Crippen LogP contribution in [0.4, 0.5) is 0 Å². The molecule has 7 heteroatoms. The standard InChI is InChI=1S/C19H17BrN2O4/c20-15-8-6-13(7-9-15)12-16(19(26)21-11-10-17(23)24)22-18(25)14-4-2-1-3-5-14/h1-9,12H,10-11H2,(H,21,26)(H,22,25)(H,23,24). The molecule has 3 N–H and O–H groups in total. The van der Waals surface area contributed by atoms with Gasteiger partial charge in [0.05, 0.1) is 6.42 Å². The summed E-state index contributed by atoms with van der Waals surface area (Å²) < 4.78 is 0.885. The van der Waals surface area contributed by atoms with E-state index in [4.69, 9.17) is 5.11 Å². The quantitative estimate of drug-likeness (QED) is 0.604. The summed E-state index contributed by atoms with van der Waals surface area (Å²) in [6, 6.07) is 15.7. The topological polar surface area (TPSA) is 95.5 Å². The Balaban J connectivity index is 2.20. The van der Waals surface area contributed by atoms with Crippen LogP contribution in [0.25, 0.3) is 6.08 Å². The van der Waals surface area contributed by atoms with Crippen LogP contribution >= 0.6 is 15.9 Å². The Morgan fingerprint density at radius 3 is 2.27 bits per heavy atom. The summed E-state index contributed by atoms with van der Waals surface area (Å²) in [6.45, 7) is -0.0347. The molecule has 0 aliphatic heterocycles. The van der Waals surface area contributed by atoms with Crippen LogP contribution in [-0.2, 0) is 9.59 Å². The smallest absolute Gasteiger partial charge is 0.305 e. The third-order valence-electron chi connectivity index (χ3n) is 3.33. The molecule has 0 heterocycles. The van der Waals surface area contributed by atoms with Gasteiger partial charge in [0, 0.05) is 16.6 Å². The van der Waals surface area contributed by atoms with Gasteiger partial charge in [-0.05, 0) is 35.9 Å². The molecule has 0 aromatic heterocycles. The van der Waals surface area contributed by atoms with Crippen molar-refractivity contribution in [2.45, 2.75) is 6.42 Å². The Labute approximate surface area is 159 Å². The average molecular weight is 417 g/mol. The summed E-state index contributed by atoms with van der Waals surface area (Å²) in [7, 11) is 0. The first kappa shape index (κ1) is 19.4. The van der Waals surface area contributed by atoms with E-state index in [0.717, 1.165) is 4.47 Å². The van der Waals surface area contributed by atoms with Crippen molar-refractivity contribution in [2.75, 3.05) is 6.54 Å². The van der Waals surface area contributed by atoms with Gasteiger partial charge >= 0.3 is 5.97 Å². The number of benzene rings is 2. The van der Waals surface area contributed by atoms with Gasteiger partial charge in [0.25, 0.3) is 11.8 Å². The fourth-order valence-electron chi connectivity index (χ4n) is 2.05. The number of carbonyl (C=O) groups excluding carboxylic acids is 2. The number of rotatable bonds is 7. The number of aliphatic carboxylic acids is 1. The number of hydrogen-bond donors (Lipinski definition) is 3. The number of halogens is 1. The molecule has 0 saturated carbocycles. The molecule has 2 aromatic rings. The molecule has 6 nitrogen and oxygen atoms in total. The van der Waals surface area contributed by atoms with E-state index in [1.807, 2.05) is 12.1 Å². The molecule has 0 aliphatic carbocycles. The maximum absolute atomic E-state index is 12.4. The summed E-state index contributed by atoms with van der Waals surface area (Å²) in [5.41, 5.74) is 1.16. The molecule has 26 heavy (non-hydrogen) atoms. The van der Waals surface area contributed by atoms with Gasteiger partial charge in [0.1, 0.15) is 5.70 Å². The monoisotopic (exact) mass is 416 g/mol. The van der Waals surface area contributed by atoms with Gasteiger partial charge < -0.3 is 15.7 Å². The maximum atomic E-state index is 12.4. The third kappa shape index (κ3) is 6.18. The molecular weight excluding hydrogens is 400 g/mol. The molecule has 0 saturated heterocycles. The second kappa shape index (κ2) is 9.53. The SMILES string of the molecule is O=C(O)CCNC(=O)C(=Cc1ccc(Br)cc1)NC(=O)c1ccccc1. The largest absolute Gasteiger partial charge is 0.481 e. The zero-order valence-corrected chi connectivity index (χ0v) is 15.3. The van der Waals surface area contributed by atoms with E-state index in [0.29, 0.717) is 11.1 Å². The zero-order valence-electron chi connectivity index (χ0n) is 13.7. The van der Waals surface area contributed by atoms with Crippen molar-refractivity contribution in [2.24, 2.45) is 0 Å². The lowest BCUT2D eigenvalue weighted by atomic mass is 10.1. The summed E-state index contributed by atoms with van der Waals surface area (Å²) in [5.74, 6) is -2.00. The predicted octanol–water partition coefficient (Wildman–Crippen LogP) is 2.81. The molecule has 2 aromatic carbocycles. The molecule has 0 bridgehead atoms. The number of hydrogen-bond acceptors (Lipinski definition) is 3. The molecule has 0 spiro atoms. The minimum Gasteiger partial charge on any atom is -0.481 e. The highest BCUT2D eigenvalue weighted by molar-refractivity contribution is 9.10. The molecule has 0 atom stereocenters. The number of carboxylic acids is 1. The van der Waals surface area contributed by atoms with E-state index in [1.165, 1.54) is 6.08 Å². The molecule has 134 valence electrons. The highest BCUT2D eigenvalue weighted by Gasteiger charge is 2.14. The second-order valence-corrected chi connectivity index (χ2v) is 6.25. The van der Waals surface area contributed by atoms with Crippen molar-refractivity contribution >= 4 is 39.8 Å². The number of amides is 2. The number of carboxylic acid groups (broad SMARTS) is 1. The average Bonchev–Trinajstić information content (AvgIpc) is 2.63. The van der Waals surface area contributed by atoms with Crippen molar-refractivity contribution in [1.29, 1.82) is 0 Å². The van der Waals surface area contributed by atoms with Crippen molar-refractivity contribution in [3.63, 3.8) is 0 Å². The van der Waals surface area contributed by atoms with E-state index in [1.54, 1.807) is 42.5 Å². The van der Waals surface area contributed by atoms with E-state index in [9.17, 15) is 14.4 Å². The first-order chi connectivity index (χ1) is 12.5. The van der Waals surface area contributed by atoms with Crippen molar-refractivity contribution in [1.82, 2.24) is 10.6 Å². The molecule has 2 rings (SSSR count). The summed E-state index contributed by atoms with van der Waals surface area (Å²) >= 11 is 3.33. The Kier molecular flexibility index (Phi) is 7.11. The zero-order chi connectivity index (χ0) is 18.9. The van der Waals surface area contributed by atoms with Gasteiger partial charge in [-0.3, -0.25) is 14.4 Å². The van der Waals surface area contributed by atoms with Gasteiger partial charge in [0.15, 0.2) is 0 Å². The minimum absolute atomic E-state index is 0.0339. The predicted molar refractivity (Wildman–Crippen MR) is 101 cm³/mol.